The summed E-state index contributed by atoms with van der Waals surface area (Å²) in [6.45, 7) is 1.82. The van der Waals surface area contributed by atoms with Gasteiger partial charge in [-0.3, -0.25) is 0 Å². The standard InChI is InChI=1S/C22H21FN4O2S/c23-20-8-6-19(7-9-20)21-10-11-22(25-24-21)26-13-15-27(16-14-26)30(28,29)17-12-18-4-2-1-3-5-18/h1-12,17H,13-16H2/b17-12-. The molecular weight excluding hydrogens is 403 g/mol. The van der Waals surface area contributed by atoms with E-state index in [0.29, 0.717) is 37.7 Å². The Kier molecular flexibility index (Phi) is 5.87. The van der Waals surface area contributed by atoms with Crippen LogP contribution < -0.4 is 4.90 Å². The number of anilines is 1. The molecule has 0 radical (unpaired) electrons. The van der Waals surface area contributed by atoms with Gasteiger partial charge in [-0.2, -0.15) is 4.31 Å². The van der Waals surface area contributed by atoms with Gasteiger partial charge in [0.15, 0.2) is 5.82 Å². The summed E-state index contributed by atoms with van der Waals surface area (Å²) in [6.07, 6.45) is 1.61. The molecule has 0 aliphatic carbocycles. The number of benzene rings is 2. The second-order valence-electron chi connectivity index (χ2n) is 6.93. The Morgan fingerprint density at radius 1 is 0.833 bits per heavy atom. The Hall–Kier alpha value is -3.10. The van der Waals surface area contributed by atoms with Crippen LogP contribution in [0.25, 0.3) is 17.3 Å². The number of aromatic nitrogens is 2. The molecule has 8 heteroatoms. The van der Waals surface area contributed by atoms with E-state index in [2.05, 4.69) is 10.2 Å². The predicted molar refractivity (Wildman–Crippen MR) is 116 cm³/mol. The Morgan fingerprint density at radius 2 is 1.53 bits per heavy atom. The summed E-state index contributed by atoms with van der Waals surface area (Å²) < 4.78 is 39.7. The molecule has 1 fully saturated rings. The van der Waals surface area contributed by atoms with Crippen LogP contribution in [0.4, 0.5) is 10.2 Å². The predicted octanol–water partition coefficient (Wildman–Crippen LogP) is 3.41. The first-order valence-electron chi connectivity index (χ1n) is 9.59. The second kappa shape index (κ2) is 8.73. The van der Waals surface area contributed by atoms with Gasteiger partial charge in [0.2, 0.25) is 10.0 Å². The molecule has 0 amide bonds. The number of hydrogen-bond donors (Lipinski definition) is 0. The van der Waals surface area contributed by atoms with Gasteiger partial charge in [-0.05, 0) is 48.0 Å². The topological polar surface area (TPSA) is 66.4 Å². The zero-order valence-electron chi connectivity index (χ0n) is 16.2. The smallest absolute Gasteiger partial charge is 0.236 e. The molecule has 0 saturated carbocycles. The molecule has 0 bridgehead atoms. The molecule has 0 spiro atoms. The molecule has 6 nitrogen and oxygen atoms in total. The molecule has 1 aromatic heterocycles. The first kappa shape index (κ1) is 20.2. The first-order valence-corrected chi connectivity index (χ1v) is 11.1. The molecule has 30 heavy (non-hydrogen) atoms. The highest BCUT2D eigenvalue weighted by molar-refractivity contribution is 7.92. The molecule has 2 heterocycles. The van der Waals surface area contributed by atoms with E-state index in [1.165, 1.54) is 21.8 Å². The third kappa shape index (κ3) is 4.72. The summed E-state index contributed by atoms with van der Waals surface area (Å²) in [7, 11) is -3.47. The van der Waals surface area contributed by atoms with Crippen LogP contribution in [0.2, 0.25) is 0 Å². The molecule has 0 unspecified atom stereocenters. The van der Waals surface area contributed by atoms with E-state index < -0.39 is 10.0 Å². The number of nitrogens with zero attached hydrogens (tertiary/aromatic N) is 4. The van der Waals surface area contributed by atoms with Crippen molar-refractivity contribution in [1.82, 2.24) is 14.5 Å². The summed E-state index contributed by atoms with van der Waals surface area (Å²) in [6, 6.07) is 19.1. The van der Waals surface area contributed by atoms with E-state index in [-0.39, 0.29) is 5.82 Å². The lowest BCUT2D eigenvalue weighted by Crippen LogP contribution is -2.48. The van der Waals surface area contributed by atoms with Crippen LogP contribution in [0.1, 0.15) is 5.56 Å². The van der Waals surface area contributed by atoms with Gasteiger partial charge >= 0.3 is 0 Å². The average molecular weight is 425 g/mol. The van der Waals surface area contributed by atoms with E-state index in [1.807, 2.05) is 47.4 Å². The molecular formula is C22H21FN4O2S. The van der Waals surface area contributed by atoms with Crippen LogP contribution >= 0.6 is 0 Å². The minimum absolute atomic E-state index is 0.297. The molecule has 2 aromatic carbocycles. The van der Waals surface area contributed by atoms with Crippen LogP contribution in [-0.4, -0.2) is 49.1 Å². The molecule has 154 valence electrons. The van der Waals surface area contributed by atoms with Gasteiger partial charge in [0.1, 0.15) is 5.82 Å². The summed E-state index contributed by atoms with van der Waals surface area (Å²) >= 11 is 0. The highest BCUT2D eigenvalue weighted by atomic mass is 32.2. The van der Waals surface area contributed by atoms with Crippen LogP contribution in [-0.2, 0) is 10.0 Å². The number of piperazine rings is 1. The molecule has 4 rings (SSSR count). The monoisotopic (exact) mass is 424 g/mol. The van der Waals surface area contributed by atoms with Crippen LogP contribution in [0, 0.1) is 5.82 Å². The molecule has 1 saturated heterocycles. The van der Waals surface area contributed by atoms with Gasteiger partial charge in [0, 0.05) is 37.2 Å². The SMILES string of the molecule is O=S(=O)(/C=C\c1ccccc1)N1CCN(c2ccc(-c3ccc(F)cc3)nn2)CC1. The lowest BCUT2D eigenvalue weighted by molar-refractivity contribution is 0.388. The van der Waals surface area contributed by atoms with Gasteiger partial charge in [-0.25, -0.2) is 12.8 Å². The van der Waals surface area contributed by atoms with Crippen molar-refractivity contribution in [2.24, 2.45) is 0 Å². The van der Waals surface area contributed by atoms with Gasteiger partial charge in [0.25, 0.3) is 0 Å². The number of hydrogen-bond acceptors (Lipinski definition) is 5. The zero-order chi connectivity index (χ0) is 21.0. The largest absolute Gasteiger partial charge is 0.352 e. The highest BCUT2D eigenvalue weighted by Crippen LogP contribution is 2.20. The maximum absolute atomic E-state index is 13.1. The van der Waals surface area contributed by atoms with E-state index in [1.54, 1.807) is 18.2 Å². The average Bonchev–Trinajstić information content (AvgIpc) is 2.79. The highest BCUT2D eigenvalue weighted by Gasteiger charge is 2.25. The molecule has 0 N–H and O–H groups in total. The maximum atomic E-state index is 13.1. The minimum atomic E-state index is -3.47. The van der Waals surface area contributed by atoms with Crippen molar-refractivity contribution in [3.05, 3.63) is 83.5 Å². The Balaban J connectivity index is 1.38. The third-order valence-corrected chi connectivity index (χ3v) is 6.51. The third-order valence-electron chi connectivity index (χ3n) is 4.95. The van der Waals surface area contributed by atoms with Crippen molar-refractivity contribution in [3.63, 3.8) is 0 Å². The van der Waals surface area contributed by atoms with Gasteiger partial charge in [-0.15, -0.1) is 10.2 Å². The van der Waals surface area contributed by atoms with E-state index >= 15 is 0 Å². The molecule has 0 atom stereocenters. The molecule has 1 aliphatic heterocycles. The fourth-order valence-electron chi connectivity index (χ4n) is 3.25. The summed E-state index contributed by atoms with van der Waals surface area (Å²) in [4.78, 5) is 2.01. The summed E-state index contributed by atoms with van der Waals surface area (Å²) in [5.74, 6) is 0.396. The van der Waals surface area contributed by atoms with Gasteiger partial charge < -0.3 is 4.90 Å². The zero-order valence-corrected chi connectivity index (χ0v) is 17.0. The normalized spacial score (nSPS) is 15.6. The Morgan fingerprint density at radius 3 is 2.17 bits per heavy atom. The van der Waals surface area contributed by atoms with Crippen LogP contribution in [0.5, 0.6) is 0 Å². The van der Waals surface area contributed by atoms with Crippen molar-refractivity contribution in [2.75, 3.05) is 31.1 Å². The van der Waals surface area contributed by atoms with Crippen molar-refractivity contribution in [2.45, 2.75) is 0 Å². The van der Waals surface area contributed by atoms with Crippen LogP contribution in [0.3, 0.4) is 0 Å². The Labute approximate surface area is 175 Å². The van der Waals surface area contributed by atoms with Crippen LogP contribution in [0.15, 0.2) is 72.1 Å². The summed E-state index contributed by atoms with van der Waals surface area (Å²) in [5, 5.41) is 9.75. The van der Waals surface area contributed by atoms with Crippen molar-refractivity contribution in [3.8, 4) is 11.3 Å². The lowest BCUT2D eigenvalue weighted by Gasteiger charge is -2.33. The number of rotatable bonds is 5. The van der Waals surface area contributed by atoms with Crippen molar-refractivity contribution < 1.29 is 12.8 Å². The quantitative estimate of drug-likeness (QED) is 0.628. The fourth-order valence-corrected chi connectivity index (χ4v) is 4.43. The van der Waals surface area contributed by atoms with E-state index in [4.69, 9.17) is 0 Å². The minimum Gasteiger partial charge on any atom is -0.352 e. The number of halogens is 1. The first-order chi connectivity index (χ1) is 14.5. The number of sulfonamides is 1. The molecule has 1 aliphatic rings. The van der Waals surface area contributed by atoms with Crippen molar-refractivity contribution in [1.29, 1.82) is 0 Å². The van der Waals surface area contributed by atoms with Crippen molar-refractivity contribution >= 4 is 21.9 Å². The second-order valence-corrected chi connectivity index (χ2v) is 8.75. The van der Waals surface area contributed by atoms with E-state index in [0.717, 1.165) is 11.1 Å². The van der Waals surface area contributed by atoms with Gasteiger partial charge in [-0.1, -0.05) is 30.3 Å². The van der Waals surface area contributed by atoms with Gasteiger partial charge in [0.05, 0.1) is 5.69 Å². The summed E-state index contributed by atoms with van der Waals surface area (Å²) in [5.41, 5.74) is 2.29. The van der Waals surface area contributed by atoms with E-state index in [9.17, 15) is 12.8 Å². The maximum Gasteiger partial charge on any atom is 0.236 e. The lowest BCUT2D eigenvalue weighted by atomic mass is 10.1. The Bertz CT molecular complexity index is 1110. The molecule has 3 aromatic rings. The fraction of sp³-hybridized carbons (Fsp3) is 0.182.